The Labute approximate surface area is 143 Å². The smallest absolute Gasteiger partial charge is 0.263 e. The normalized spacial score (nSPS) is 12.6. The van der Waals surface area contributed by atoms with Gasteiger partial charge in [-0.25, -0.2) is 9.55 Å². The maximum absolute atomic E-state index is 4.59. The predicted molar refractivity (Wildman–Crippen MR) is 94.6 cm³/mol. The molecule has 25 heavy (non-hydrogen) atoms. The molecule has 6 rings (SSSR count). The molecule has 5 heterocycles. The molecule has 0 saturated carbocycles. The first-order chi connectivity index (χ1) is 12.4. The van der Waals surface area contributed by atoms with E-state index in [1.807, 2.05) is 36.9 Å². The van der Waals surface area contributed by atoms with E-state index in [1.54, 1.807) is 0 Å². The highest BCUT2D eigenvalue weighted by Gasteiger charge is 2.37. The van der Waals surface area contributed by atoms with E-state index in [-0.39, 0.29) is 0 Å². The number of hydrogen-bond acceptors (Lipinski definition) is 2. The monoisotopic (exact) mass is 324 g/mol. The molecule has 4 aromatic heterocycles. The van der Waals surface area contributed by atoms with E-state index < -0.39 is 0 Å². The quantitative estimate of drug-likeness (QED) is 0.436. The van der Waals surface area contributed by atoms with Crippen LogP contribution in [0.1, 0.15) is 5.69 Å². The van der Waals surface area contributed by atoms with Crippen LogP contribution in [-0.4, -0.2) is 18.9 Å². The van der Waals surface area contributed by atoms with Gasteiger partial charge in [-0.2, -0.15) is 4.57 Å². The molecule has 0 spiro atoms. The molecule has 0 N–H and O–H groups in total. The molecule has 0 fully saturated rings. The molecule has 1 aromatic carbocycles. The lowest BCUT2D eigenvalue weighted by Gasteiger charge is -2.02. The summed E-state index contributed by atoms with van der Waals surface area (Å²) in [6, 6.07) is 18.9. The summed E-state index contributed by atoms with van der Waals surface area (Å²) in [6.45, 7) is 0.798. The molecular weight excluding hydrogens is 310 g/mol. The third kappa shape index (κ3) is 1.59. The van der Waals surface area contributed by atoms with Gasteiger partial charge in [0.05, 0.1) is 16.8 Å². The number of nitrogens with zero attached hydrogens (tertiary/aromatic N) is 5. The molecule has 5 aromatic rings. The molecule has 0 saturated heterocycles. The second-order valence-corrected chi connectivity index (χ2v) is 6.31. The Morgan fingerprint density at radius 3 is 2.80 bits per heavy atom. The molecular formula is C20H14N5+. The van der Waals surface area contributed by atoms with Gasteiger partial charge in [0.25, 0.3) is 11.5 Å². The van der Waals surface area contributed by atoms with Crippen molar-refractivity contribution in [3.63, 3.8) is 0 Å². The highest BCUT2D eigenvalue weighted by molar-refractivity contribution is 5.84. The van der Waals surface area contributed by atoms with Crippen LogP contribution in [0.15, 0.2) is 73.3 Å². The van der Waals surface area contributed by atoms with Crippen molar-refractivity contribution in [2.75, 3.05) is 0 Å². The number of rotatable bonds is 1. The largest absolute Gasteiger partial charge is 0.298 e. The van der Waals surface area contributed by atoms with E-state index in [0.717, 1.165) is 29.1 Å². The number of hydrogen-bond donors (Lipinski definition) is 0. The van der Waals surface area contributed by atoms with Gasteiger partial charge in [-0.1, -0.05) is 18.2 Å². The summed E-state index contributed by atoms with van der Waals surface area (Å²) in [7, 11) is 0. The van der Waals surface area contributed by atoms with Gasteiger partial charge in [-0.3, -0.25) is 9.38 Å². The molecule has 5 heteroatoms. The van der Waals surface area contributed by atoms with E-state index in [1.165, 1.54) is 16.9 Å². The minimum atomic E-state index is 0.798. The maximum Gasteiger partial charge on any atom is 0.298 e. The van der Waals surface area contributed by atoms with Gasteiger partial charge >= 0.3 is 0 Å². The summed E-state index contributed by atoms with van der Waals surface area (Å²) in [6.07, 6.45) is 5.59. The van der Waals surface area contributed by atoms with Gasteiger partial charge < -0.3 is 0 Å². The lowest BCUT2D eigenvalue weighted by atomic mass is 10.2. The summed E-state index contributed by atoms with van der Waals surface area (Å²) in [5, 5.41) is 0. The highest BCUT2D eigenvalue weighted by atomic mass is 15.2. The van der Waals surface area contributed by atoms with Crippen molar-refractivity contribution in [2.24, 2.45) is 0 Å². The van der Waals surface area contributed by atoms with Crippen LogP contribution in [0.25, 0.3) is 33.8 Å². The van der Waals surface area contributed by atoms with Crippen LogP contribution < -0.4 is 4.57 Å². The van der Waals surface area contributed by atoms with Gasteiger partial charge in [0.2, 0.25) is 0 Å². The SMILES string of the molecule is c1ccc(-n2c3[n+](c4cc5ccncn5c42)Cc2ncccc2-3)cc1. The van der Waals surface area contributed by atoms with Crippen molar-refractivity contribution >= 4 is 16.7 Å². The molecule has 0 radical (unpaired) electrons. The van der Waals surface area contributed by atoms with Crippen molar-refractivity contribution in [3.8, 4) is 17.1 Å². The summed E-state index contributed by atoms with van der Waals surface area (Å²) in [5.41, 5.74) is 6.94. The first kappa shape index (κ1) is 12.9. The number of fused-ring (bicyclic) bond motifs is 7. The fourth-order valence-electron chi connectivity index (χ4n) is 3.92. The van der Waals surface area contributed by atoms with Crippen LogP contribution in [0.2, 0.25) is 0 Å². The Bertz CT molecular complexity index is 1260. The van der Waals surface area contributed by atoms with Crippen molar-refractivity contribution in [1.82, 2.24) is 18.9 Å². The van der Waals surface area contributed by atoms with Crippen LogP contribution in [0, 0.1) is 0 Å². The molecule has 0 unspecified atom stereocenters. The third-order valence-corrected chi connectivity index (χ3v) is 4.96. The number of para-hydroxylation sites is 1. The lowest BCUT2D eigenvalue weighted by Crippen LogP contribution is -2.31. The fourth-order valence-corrected chi connectivity index (χ4v) is 3.92. The van der Waals surface area contributed by atoms with Crippen LogP contribution in [0.4, 0.5) is 0 Å². The maximum atomic E-state index is 4.59. The summed E-state index contributed by atoms with van der Waals surface area (Å²) in [4.78, 5) is 8.91. The predicted octanol–water partition coefficient (Wildman–Crippen LogP) is 2.99. The number of benzene rings is 1. The Hall–Kier alpha value is -3.47. The fraction of sp³-hybridized carbons (Fsp3) is 0.0500. The second kappa shape index (κ2) is 4.54. The number of aromatic nitrogens is 5. The van der Waals surface area contributed by atoms with E-state index in [9.17, 15) is 0 Å². The van der Waals surface area contributed by atoms with Crippen LogP contribution in [0.5, 0.6) is 0 Å². The standard InChI is InChI=1S/C20H14N5/c1-2-5-14(6-3-1)25-19-16-7-4-9-22-17(16)12-23(19)18-11-15-8-10-21-13-24(15)20(18)25/h1-11,13H,12H2/q+1. The summed E-state index contributed by atoms with van der Waals surface area (Å²) >= 11 is 0. The van der Waals surface area contributed by atoms with E-state index >= 15 is 0 Å². The zero-order chi connectivity index (χ0) is 16.4. The Kier molecular flexibility index (Phi) is 2.34. The molecule has 118 valence electrons. The van der Waals surface area contributed by atoms with E-state index in [4.69, 9.17) is 0 Å². The van der Waals surface area contributed by atoms with Gasteiger partial charge in [0, 0.05) is 18.5 Å². The van der Waals surface area contributed by atoms with Crippen LogP contribution >= 0.6 is 0 Å². The van der Waals surface area contributed by atoms with Gasteiger partial charge in [-0.15, -0.1) is 0 Å². The van der Waals surface area contributed by atoms with Crippen LogP contribution in [-0.2, 0) is 6.54 Å². The van der Waals surface area contributed by atoms with E-state index in [0.29, 0.717) is 0 Å². The van der Waals surface area contributed by atoms with Crippen molar-refractivity contribution in [1.29, 1.82) is 0 Å². The van der Waals surface area contributed by atoms with Crippen molar-refractivity contribution in [2.45, 2.75) is 6.54 Å². The first-order valence-electron chi connectivity index (χ1n) is 8.31. The molecule has 5 nitrogen and oxygen atoms in total. The zero-order valence-corrected chi connectivity index (χ0v) is 13.4. The number of pyridine rings is 1. The summed E-state index contributed by atoms with van der Waals surface area (Å²) in [5.74, 6) is 1.18. The lowest BCUT2D eigenvalue weighted by molar-refractivity contribution is -0.646. The topological polar surface area (TPSA) is 39.0 Å². The molecule has 0 amide bonds. The summed E-state index contributed by atoms with van der Waals surface area (Å²) < 4.78 is 6.83. The highest BCUT2D eigenvalue weighted by Crippen LogP contribution is 2.33. The van der Waals surface area contributed by atoms with Crippen LogP contribution in [0.3, 0.4) is 0 Å². The minimum Gasteiger partial charge on any atom is -0.263 e. The van der Waals surface area contributed by atoms with Gasteiger partial charge in [-0.05, 0) is 30.3 Å². The Balaban J connectivity index is 1.84. The van der Waals surface area contributed by atoms with Gasteiger partial charge in [0.1, 0.15) is 18.6 Å². The van der Waals surface area contributed by atoms with E-state index in [2.05, 4.69) is 59.9 Å². The Morgan fingerprint density at radius 1 is 0.960 bits per heavy atom. The van der Waals surface area contributed by atoms with Crippen molar-refractivity contribution in [3.05, 3.63) is 79.0 Å². The second-order valence-electron chi connectivity index (χ2n) is 6.31. The Morgan fingerprint density at radius 2 is 1.88 bits per heavy atom. The minimum absolute atomic E-state index is 0.798. The molecule has 0 bridgehead atoms. The first-order valence-corrected chi connectivity index (χ1v) is 8.31. The molecule has 1 aliphatic heterocycles. The van der Waals surface area contributed by atoms with Crippen molar-refractivity contribution < 1.29 is 4.57 Å². The third-order valence-electron chi connectivity index (χ3n) is 4.96. The molecule has 0 atom stereocenters. The molecule has 0 aliphatic carbocycles. The average Bonchev–Trinajstić information content (AvgIpc) is 3.30. The molecule has 1 aliphatic rings. The number of imidazole rings is 1. The van der Waals surface area contributed by atoms with Gasteiger partial charge in [0.15, 0.2) is 5.52 Å². The average molecular weight is 324 g/mol. The zero-order valence-electron chi connectivity index (χ0n) is 13.4.